The van der Waals surface area contributed by atoms with Crippen LogP contribution in [-0.4, -0.2) is 39.8 Å². The van der Waals surface area contributed by atoms with Crippen molar-refractivity contribution in [2.24, 2.45) is 0 Å². The molecule has 0 bridgehead atoms. The second kappa shape index (κ2) is 8.73. The first-order valence-electron chi connectivity index (χ1n) is 8.65. The number of hydrogen-bond donors (Lipinski definition) is 0. The maximum atomic E-state index is 12.9. The fourth-order valence-electron chi connectivity index (χ4n) is 2.75. The number of ether oxygens (including phenoxy) is 1. The lowest BCUT2D eigenvalue weighted by Gasteiger charge is -2.26. The molecule has 0 saturated carbocycles. The summed E-state index contributed by atoms with van der Waals surface area (Å²) in [5.41, 5.74) is 1.77. The minimum atomic E-state index is 0.0451. The number of rotatable bonds is 7. The van der Waals surface area contributed by atoms with Gasteiger partial charge in [0, 0.05) is 11.7 Å². The summed E-state index contributed by atoms with van der Waals surface area (Å²) in [6.45, 7) is 4.03. The number of anilines is 1. The minimum absolute atomic E-state index is 0.0451. The molecule has 140 valence electrons. The van der Waals surface area contributed by atoms with Gasteiger partial charge in [0.25, 0.3) is 0 Å². The summed E-state index contributed by atoms with van der Waals surface area (Å²) in [5.74, 6) is 1.12. The third kappa shape index (κ3) is 4.49. The number of amides is 1. The van der Waals surface area contributed by atoms with Crippen molar-refractivity contribution in [3.05, 3.63) is 60.8 Å². The average molecular weight is 382 g/mol. The zero-order chi connectivity index (χ0) is 19.2. The van der Waals surface area contributed by atoms with Gasteiger partial charge in [-0.3, -0.25) is 4.79 Å². The van der Waals surface area contributed by atoms with Crippen LogP contribution in [0, 0.1) is 0 Å². The van der Waals surface area contributed by atoms with E-state index in [9.17, 15) is 4.79 Å². The van der Waals surface area contributed by atoms with Crippen LogP contribution in [0.15, 0.2) is 65.8 Å². The molecule has 0 spiro atoms. The molecular formula is C20H22N4O2S. The lowest BCUT2D eigenvalue weighted by molar-refractivity contribution is -0.116. The molecule has 0 aliphatic rings. The number of benzene rings is 2. The number of carbonyl (C=O) groups is 1. The van der Waals surface area contributed by atoms with E-state index in [0.29, 0.717) is 5.75 Å². The van der Waals surface area contributed by atoms with E-state index in [4.69, 9.17) is 4.74 Å². The largest absolute Gasteiger partial charge is 0.497 e. The quantitative estimate of drug-likeness (QED) is 0.582. The van der Waals surface area contributed by atoms with Gasteiger partial charge in [-0.05, 0) is 50.2 Å². The number of aromatic nitrogens is 3. The van der Waals surface area contributed by atoms with Crippen LogP contribution < -0.4 is 9.64 Å². The zero-order valence-electron chi connectivity index (χ0n) is 15.6. The van der Waals surface area contributed by atoms with E-state index < -0.39 is 0 Å². The van der Waals surface area contributed by atoms with Crippen LogP contribution in [0.25, 0.3) is 5.69 Å². The highest BCUT2D eigenvalue weighted by atomic mass is 32.2. The van der Waals surface area contributed by atoms with Crippen LogP contribution in [0.5, 0.6) is 5.75 Å². The molecule has 0 radical (unpaired) electrons. The van der Waals surface area contributed by atoms with E-state index in [2.05, 4.69) is 10.3 Å². The maximum Gasteiger partial charge on any atom is 0.237 e. The number of nitrogens with zero attached hydrogens (tertiary/aromatic N) is 4. The SMILES string of the molecule is COc1ccc(-n2nncc2SCC(=O)N(c2ccccc2)C(C)C)cc1. The highest BCUT2D eigenvalue weighted by Gasteiger charge is 2.20. The Hall–Kier alpha value is -2.80. The van der Waals surface area contributed by atoms with E-state index in [1.165, 1.54) is 11.8 Å². The van der Waals surface area contributed by atoms with Crippen molar-refractivity contribution in [2.45, 2.75) is 24.9 Å². The highest BCUT2D eigenvalue weighted by Crippen LogP contribution is 2.24. The summed E-state index contributed by atoms with van der Waals surface area (Å²) < 4.78 is 6.91. The molecule has 3 aromatic rings. The maximum absolute atomic E-state index is 12.9. The number of thioether (sulfide) groups is 1. The molecule has 0 atom stereocenters. The van der Waals surface area contributed by atoms with Crippen molar-refractivity contribution >= 4 is 23.4 Å². The molecule has 3 rings (SSSR count). The fourth-order valence-corrected chi connectivity index (χ4v) is 3.55. The number of methoxy groups -OCH3 is 1. The summed E-state index contributed by atoms with van der Waals surface area (Å²) in [6.07, 6.45) is 1.67. The Bertz CT molecular complexity index is 879. The Morgan fingerprint density at radius 2 is 1.85 bits per heavy atom. The molecule has 7 heteroatoms. The van der Waals surface area contributed by atoms with Gasteiger partial charge < -0.3 is 9.64 Å². The first-order chi connectivity index (χ1) is 13.1. The van der Waals surface area contributed by atoms with Gasteiger partial charge in [0.05, 0.1) is 24.7 Å². The van der Waals surface area contributed by atoms with Crippen LogP contribution in [0.3, 0.4) is 0 Å². The van der Waals surface area contributed by atoms with Crippen molar-refractivity contribution in [3.63, 3.8) is 0 Å². The predicted octanol–water partition coefficient (Wildman–Crippen LogP) is 3.81. The van der Waals surface area contributed by atoms with Crippen LogP contribution in [-0.2, 0) is 4.79 Å². The highest BCUT2D eigenvalue weighted by molar-refractivity contribution is 7.99. The van der Waals surface area contributed by atoms with Crippen LogP contribution in [0.1, 0.15) is 13.8 Å². The van der Waals surface area contributed by atoms with Crippen molar-refractivity contribution in [1.82, 2.24) is 15.0 Å². The standard InChI is InChI=1S/C20H22N4O2S/c1-15(2)23(16-7-5-4-6-8-16)19(25)14-27-20-13-21-22-24(20)17-9-11-18(26-3)12-10-17/h4-13,15H,14H2,1-3H3. The minimum Gasteiger partial charge on any atom is -0.497 e. The lowest BCUT2D eigenvalue weighted by Crippen LogP contribution is -2.38. The number of hydrogen-bond acceptors (Lipinski definition) is 5. The van der Waals surface area contributed by atoms with Gasteiger partial charge >= 0.3 is 0 Å². The summed E-state index contributed by atoms with van der Waals surface area (Å²) in [4.78, 5) is 14.7. The predicted molar refractivity (Wildman–Crippen MR) is 108 cm³/mol. The van der Waals surface area contributed by atoms with Gasteiger partial charge in [0.2, 0.25) is 5.91 Å². The average Bonchev–Trinajstić information content (AvgIpc) is 3.16. The molecule has 0 saturated heterocycles. The Balaban J connectivity index is 1.73. The number of para-hydroxylation sites is 1. The van der Waals surface area contributed by atoms with Gasteiger partial charge in [-0.1, -0.05) is 35.2 Å². The van der Waals surface area contributed by atoms with Crippen molar-refractivity contribution < 1.29 is 9.53 Å². The van der Waals surface area contributed by atoms with Crippen molar-refractivity contribution in [1.29, 1.82) is 0 Å². The van der Waals surface area contributed by atoms with E-state index >= 15 is 0 Å². The third-order valence-corrected chi connectivity index (χ3v) is 4.96. The van der Waals surface area contributed by atoms with E-state index in [-0.39, 0.29) is 11.9 Å². The zero-order valence-corrected chi connectivity index (χ0v) is 16.4. The van der Waals surface area contributed by atoms with Crippen LogP contribution >= 0.6 is 11.8 Å². The molecule has 1 amide bonds. The molecule has 27 heavy (non-hydrogen) atoms. The van der Waals surface area contributed by atoms with Gasteiger partial charge in [0.15, 0.2) is 0 Å². The van der Waals surface area contributed by atoms with Gasteiger partial charge in [-0.15, -0.1) is 5.10 Å². The Morgan fingerprint density at radius 3 is 2.48 bits per heavy atom. The summed E-state index contributed by atoms with van der Waals surface area (Å²) in [7, 11) is 1.63. The molecule has 6 nitrogen and oxygen atoms in total. The Morgan fingerprint density at radius 1 is 1.15 bits per heavy atom. The second-order valence-electron chi connectivity index (χ2n) is 6.16. The fraction of sp³-hybridized carbons (Fsp3) is 0.250. The van der Waals surface area contributed by atoms with Crippen molar-refractivity contribution in [3.8, 4) is 11.4 Å². The molecule has 0 fully saturated rings. The summed E-state index contributed by atoms with van der Waals surface area (Å²) >= 11 is 1.42. The first kappa shape index (κ1) is 19.0. The first-order valence-corrected chi connectivity index (χ1v) is 9.63. The van der Waals surface area contributed by atoms with Gasteiger partial charge in [-0.2, -0.15) is 0 Å². The Kier molecular flexibility index (Phi) is 6.13. The molecular weight excluding hydrogens is 360 g/mol. The van der Waals surface area contributed by atoms with E-state index in [0.717, 1.165) is 22.2 Å². The molecule has 0 unspecified atom stereocenters. The molecule has 1 heterocycles. The third-order valence-electron chi connectivity index (χ3n) is 4.00. The molecule has 0 N–H and O–H groups in total. The second-order valence-corrected chi connectivity index (χ2v) is 7.16. The van der Waals surface area contributed by atoms with Gasteiger partial charge in [0.1, 0.15) is 10.8 Å². The summed E-state index contributed by atoms with van der Waals surface area (Å²) in [5, 5.41) is 8.94. The van der Waals surface area contributed by atoms with Crippen molar-refractivity contribution in [2.75, 3.05) is 17.8 Å². The normalized spacial score (nSPS) is 10.8. The van der Waals surface area contributed by atoms with E-state index in [1.54, 1.807) is 18.0 Å². The smallest absolute Gasteiger partial charge is 0.237 e. The molecule has 1 aromatic heterocycles. The van der Waals surface area contributed by atoms with Gasteiger partial charge in [-0.25, -0.2) is 4.68 Å². The van der Waals surface area contributed by atoms with E-state index in [1.807, 2.05) is 73.3 Å². The molecule has 2 aromatic carbocycles. The van der Waals surface area contributed by atoms with Crippen LogP contribution in [0.2, 0.25) is 0 Å². The summed E-state index contributed by atoms with van der Waals surface area (Å²) in [6, 6.07) is 17.3. The topological polar surface area (TPSA) is 60.2 Å². The molecule has 0 aliphatic carbocycles. The molecule has 0 aliphatic heterocycles. The van der Waals surface area contributed by atoms with Crippen LogP contribution in [0.4, 0.5) is 5.69 Å². The Labute approximate surface area is 163 Å². The monoisotopic (exact) mass is 382 g/mol. The number of carbonyl (C=O) groups excluding carboxylic acids is 1. The lowest BCUT2D eigenvalue weighted by atomic mass is 10.2.